The van der Waals surface area contributed by atoms with Gasteiger partial charge in [0.1, 0.15) is 5.82 Å². The second-order valence-corrected chi connectivity index (χ2v) is 6.76. The fourth-order valence-corrected chi connectivity index (χ4v) is 3.27. The van der Waals surface area contributed by atoms with Gasteiger partial charge >= 0.3 is 0 Å². The summed E-state index contributed by atoms with van der Waals surface area (Å²) in [5.41, 5.74) is 0.799. The highest BCUT2D eigenvalue weighted by Gasteiger charge is 2.22. The Kier molecular flexibility index (Phi) is 4.94. The number of hydrogen-bond acceptors (Lipinski definition) is 5. The first kappa shape index (κ1) is 16.0. The maximum absolute atomic E-state index is 13.2. The lowest BCUT2D eigenvalue weighted by atomic mass is 10.2. The molecule has 2 atom stereocenters. The first-order valence-electron chi connectivity index (χ1n) is 7.54. The molecular weight excluding hydrogens is 315 g/mol. The van der Waals surface area contributed by atoms with Crippen LogP contribution in [0.4, 0.5) is 4.39 Å². The SMILES string of the molecule is C[C@H](C#N)Sc1nnc(-c2ccc(F)cc2)n1C[C@H]1CCCO1. The van der Waals surface area contributed by atoms with Crippen molar-refractivity contribution >= 4 is 11.8 Å². The van der Waals surface area contributed by atoms with E-state index in [0.29, 0.717) is 17.5 Å². The molecule has 1 aliphatic rings. The third kappa shape index (κ3) is 3.71. The van der Waals surface area contributed by atoms with E-state index in [-0.39, 0.29) is 17.2 Å². The van der Waals surface area contributed by atoms with Crippen molar-refractivity contribution in [1.82, 2.24) is 14.8 Å². The molecule has 0 spiro atoms. The van der Waals surface area contributed by atoms with Gasteiger partial charge in [-0.15, -0.1) is 10.2 Å². The van der Waals surface area contributed by atoms with Crippen LogP contribution in [0.3, 0.4) is 0 Å². The Bertz CT molecular complexity index is 704. The van der Waals surface area contributed by atoms with Crippen LogP contribution >= 0.6 is 11.8 Å². The zero-order chi connectivity index (χ0) is 16.2. The van der Waals surface area contributed by atoms with E-state index in [9.17, 15) is 4.39 Å². The summed E-state index contributed by atoms with van der Waals surface area (Å²) in [6.45, 7) is 3.24. The molecule has 0 saturated carbocycles. The lowest BCUT2D eigenvalue weighted by Gasteiger charge is -2.15. The molecule has 1 aromatic heterocycles. The Morgan fingerprint density at radius 2 is 2.22 bits per heavy atom. The molecule has 0 radical (unpaired) electrons. The average Bonchev–Trinajstić information content (AvgIpc) is 3.20. The van der Waals surface area contributed by atoms with E-state index >= 15 is 0 Å². The molecule has 0 bridgehead atoms. The van der Waals surface area contributed by atoms with Crippen LogP contribution < -0.4 is 0 Å². The summed E-state index contributed by atoms with van der Waals surface area (Å²) < 4.78 is 20.8. The Morgan fingerprint density at radius 3 is 2.87 bits per heavy atom. The van der Waals surface area contributed by atoms with Crippen molar-refractivity contribution in [1.29, 1.82) is 5.26 Å². The van der Waals surface area contributed by atoms with E-state index in [4.69, 9.17) is 10.00 Å². The molecule has 7 heteroatoms. The van der Waals surface area contributed by atoms with Gasteiger partial charge in [-0.2, -0.15) is 5.26 Å². The number of ether oxygens (including phenoxy) is 1. The van der Waals surface area contributed by atoms with Crippen molar-refractivity contribution in [3.05, 3.63) is 30.1 Å². The normalized spacial score (nSPS) is 18.7. The number of nitriles is 1. The van der Waals surface area contributed by atoms with E-state index < -0.39 is 0 Å². The molecule has 1 aromatic carbocycles. The number of halogens is 1. The molecule has 2 heterocycles. The van der Waals surface area contributed by atoms with E-state index in [1.807, 2.05) is 11.5 Å². The minimum atomic E-state index is -0.286. The molecule has 5 nitrogen and oxygen atoms in total. The third-order valence-corrected chi connectivity index (χ3v) is 4.67. The molecule has 2 aromatic rings. The van der Waals surface area contributed by atoms with Crippen molar-refractivity contribution in [2.45, 2.75) is 42.8 Å². The summed E-state index contributed by atoms with van der Waals surface area (Å²) in [7, 11) is 0. The number of benzene rings is 1. The molecule has 0 N–H and O–H groups in total. The highest BCUT2D eigenvalue weighted by molar-refractivity contribution is 8.00. The van der Waals surface area contributed by atoms with E-state index in [2.05, 4.69) is 16.3 Å². The van der Waals surface area contributed by atoms with Crippen LogP contribution in [-0.2, 0) is 11.3 Å². The number of thioether (sulfide) groups is 1. The summed E-state index contributed by atoms with van der Waals surface area (Å²) in [4.78, 5) is 0. The molecule has 1 fully saturated rings. The van der Waals surface area contributed by atoms with Crippen LogP contribution in [0, 0.1) is 17.1 Å². The van der Waals surface area contributed by atoms with Gasteiger partial charge in [-0.3, -0.25) is 4.57 Å². The number of hydrogen-bond donors (Lipinski definition) is 0. The van der Waals surface area contributed by atoms with Crippen molar-refractivity contribution < 1.29 is 9.13 Å². The second kappa shape index (κ2) is 7.11. The maximum atomic E-state index is 13.2. The summed E-state index contributed by atoms with van der Waals surface area (Å²) in [6.07, 6.45) is 2.18. The van der Waals surface area contributed by atoms with Gasteiger partial charge < -0.3 is 4.74 Å². The molecule has 1 aliphatic heterocycles. The smallest absolute Gasteiger partial charge is 0.192 e. The monoisotopic (exact) mass is 332 g/mol. The van der Waals surface area contributed by atoms with Crippen LogP contribution in [0.1, 0.15) is 19.8 Å². The van der Waals surface area contributed by atoms with Crippen molar-refractivity contribution in [2.24, 2.45) is 0 Å². The summed E-state index contributed by atoms with van der Waals surface area (Å²) >= 11 is 1.37. The molecule has 0 amide bonds. The van der Waals surface area contributed by atoms with E-state index in [1.54, 1.807) is 12.1 Å². The predicted octanol–water partition coefficient (Wildman–Crippen LogP) is 3.27. The van der Waals surface area contributed by atoms with Gasteiger partial charge in [0, 0.05) is 12.2 Å². The minimum Gasteiger partial charge on any atom is -0.376 e. The topological polar surface area (TPSA) is 63.7 Å². The molecule has 0 unspecified atom stereocenters. The summed E-state index contributed by atoms with van der Waals surface area (Å²) in [5.74, 6) is 0.389. The number of nitrogens with zero attached hydrogens (tertiary/aromatic N) is 4. The van der Waals surface area contributed by atoms with Crippen LogP contribution in [-0.4, -0.2) is 32.7 Å². The van der Waals surface area contributed by atoms with Crippen LogP contribution in [0.15, 0.2) is 29.4 Å². The highest BCUT2D eigenvalue weighted by Crippen LogP contribution is 2.28. The van der Waals surface area contributed by atoms with Crippen LogP contribution in [0.5, 0.6) is 0 Å². The quantitative estimate of drug-likeness (QED) is 0.786. The van der Waals surface area contributed by atoms with Gasteiger partial charge in [0.05, 0.1) is 24.0 Å². The largest absolute Gasteiger partial charge is 0.376 e. The standard InChI is InChI=1S/C16H17FN4OS/c1-11(9-18)23-16-20-19-15(12-4-6-13(17)7-5-12)21(16)10-14-3-2-8-22-14/h4-7,11,14H,2-3,8,10H2,1H3/t11-,14-/m1/s1. The van der Waals surface area contributed by atoms with E-state index in [1.165, 1.54) is 23.9 Å². The van der Waals surface area contributed by atoms with Gasteiger partial charge in [0.2, 0.25) is 0 Å². The number of aromatic nitrogens is 3. The Balaban J connectivity index is 1.94. The highest BCUT2D eigenvalue weighted by atomic mass is 32.2. The molecule has 3 rings (SSSR count). The van der Waals surface area contributed by atoms with Gasteiger partial charge in [-0.05, 0) is 44.0 Å². The molecule has 0 aliphatic carbocycles. The van der Waals surface area contributed by atoms with Crippen molar-refractivity contribution in [3.63, 3.8) is 0 Å². The molecule has 120 valence electrons. The fraction of sp³-hybridized carbons (Fsp3) is 0.438. The zero-order valence-electron chi connectivity index (χ0n) is 12.8. The minimum absolute atomic E-state index is 0.127. The lowest BCUT2D eigenvalue weighted by molar-refractivity contribution is 0.0953. The Labute approximate surface area is 138 Å². The van der Waals surface area contributed by atoms with E-state index in [0.717, 1.165) is 25.0 Å². The second-order valence-electron chi connectivity index (χ2n) is 5.45. The first-order valence-corrected chi connectivity index (χ1v) is 8.42. The lowest BCUT2D eigenvalue weighted by Crippen LogP contribution is -2.17. The van der Waals surface area contributed by atoms with Crippen molar-refractivity contribution in [2.75, 3.05) is 6.61 Å². The van der Waals surface area contributed by atoms with Gasteiger partial charge in [0.25, 0.3) is 0 Å². The molecule has 23 heavy (non-hydrogen) atoms. The Morgan fingerprint density at radius 1 is 1.43 bits per heavy atom. The fourth-order valence-electron chi connectivity index (χ4n) is 2.53. The van der Waals surface area contributed by atoms with Crippen LogP contribution in [0.25, 0.3) is 11.4 Å². The maximum Gasteiger partial charge on any atom is 0.192 e. The summed E-state index contributed by atoms with van der Waals surface area (Å²) in [5, 5.41) is 18.0. The average molecular weight is 332 g/mol. The molecular formula is C16H17FN4OS. The van der Waals surface area contributed by atoms with Gasteiger partial charge in [-0.1, -0.05) is 11.8 Å². The van der Waals surface area contributed by atoms with Gasteiger partial charge in [0.15, 0.2) is 11.0 Å². The van der Waals surface area contributed by atoms with Gasteiger partial charge in [-0.25, -0.2) is 4.39 Å². The predicted molar refractivity (Wildman–Crippen MR) is 85.3 cm³/mol. The van der Waals surface area contributed by atoms with Crippen LogP contribution in [0.2, 0.25) is 0 Å². The van der Waals surface area contributed by atoms with Crippen molar-refractivity contribution in [3.8, 4) is 17.5 Å². The third-order valence-electron chi connectivity index (χ3n) is 3.69. The number of rotatable bonds is 5. The zero-order valence-corrected chi connectivity index (χ0v) is 13.6. The Hall–Kier alpha value is -1.91. The first-order chi connectivity index (χ1) is 11.2. The molecule has 1 saturated heterocycles. The summed E-state index contributed by atoms with van der Waals surface area (Å²) in [6, 6.07) is 8.38.